The van der Waals surface area contributed by atoms with Crippen LogP contribution in [0.3, 0.4) is 0 Å². The zero-order valence-corrected chi connectivity index (χ0v) is 18.0. The number of carbonyl (C=O) groups is 2. The number of hydrogen-bond donors (Lipinski definition) is 3. The van der Waals surface area contributed by atoms with Crippen LogP contribution in [0, 0.1) is 5.82 Å². The highest BCUT2D eigenvalue weighted by Gasteiger charge is 2.30. The number of aliphatic carboxylic acids is 1. The normalized spacial score (nSPS) is 16.5. The molecule has 2 aromatic carbocycles. The minimum absolute atomic E-state index is 0.0570. The van der Waals surface area contributed by atoms with Crippen molar-refractivity contribution in [2.75, 3.05) is 0 Å². The number of phenolic OH excluding ortho intramolecular Hbond substituents is 1. The summed E-state index contributed by atoms with van der Waals surface area (Å²) in [5, 5.41) is 22.9. The molecule has 0 radical (unpaired) electrons. The van der Waals surface area contributed by atoms with Crippen LogP contribution in [-0.4, -0.2) is 32.7 Å². The molecule has 0 spiro atoms. The van der Waals surface area contributed by atoms with Crippen LogP contribution in [0.2, 0.25) is 0 Å². The third-order valence-corrected chi connectivity index (χ3v) is 6.29. The summed E-state index contributed by atoms with van der Waals surface area (Å²) in [6.45, 7) is 1.83. The molecule has 7 heteroatoms. The van der Waals surface area contributed by atoms with E-state index in [4.69, 9.17) is 0 Å². The van der Waals surface area contributed by atoms with Gasteiger partial charge in [-0.1, -0.05) is 19.1 Å². The Hall–Kier alpha value is -3.35. The van der Waals surface area contributed by atoms with E-state index in [-0.39, 0.29) is 23.5 Å². The molecule has 0 aliphatic heterocycles. The van der Waals surface area contributed by atoms with Crippen molar-refractivity contribution in [1.82, 2.24) is 9.88 Å². The van der Waals surface area contributed by atoms with Crippen LogP contribution in [0.4, 0.5) is 4.39 Å². The van der Waals surface area contributed by atoms with Crippen molar-refractivity contribution in [1.29, 1.82) is 0 Å². The van der Waals surface area contributed by atoms with E-state index in [2.05, 4.69) is 5.32 Å². The second kappa shape index (κ2) is 9.02. The largest absolute Gasteiger partial charge is 0.508 e. The van der Waals surface area contributed by atoms with Gasteiger partial charge in [-0.15, -0.1) is 0 Å². The van der Waals surface area contributed by atoms with E-state index in [0.717, 1.165) is 27.7 Å². The quantitative estimate of drug-likeness (QED) is 0.517. The van der Waals surface area contributed by atoms with Crippen molar-refractivity contribution in [3.05, 3.63) is 65.1 Å². The average Bonchev–Trinajstić information content (AvgIpc) is 3.07. The Kier molecular flexibility index (Phi) is 6.17. The molecule has 1 aliphatic rings. The summed E-state index contributed by atoms with van der Waals surface area (Å²) in [5.41, 5.74) is 3.55. The first-order chi connectivity index (χ1) is 15.4. The fourth-order valence-corrected chi connectivity index (χ4v) is 4.73. The molecular weight excluding hydrogens is 411 g/mol. The lowest BCUT2D eigenvalue weighted by Gasteiger charge is -2.26. The number of carbonyl (C=O) groups excluding carboxylic acids is 1. The summed E-state index contributed by atoms with van der Waals surface area (Å²) in [7, 11) is 0. The minimum atomic E-state index is -0.902. The molecular formula is C25H27FN2O4. The molecule has 2 atom stereocenters. The third-order valence-electron chi connectivity index (χ3n) is 6.29. The van der Waals surface area contributed by atoms with Crippen molar-refractivity contribution >= 4 is 22.8 Å². The van der Waals surface area contributed by atoms with E-state index in [1.54, 1.807) is 30.3 Å². The van der Waals surface area contributed by atoms with Gasteiger partial charge in [0.05, 0.1) is 0 Å². The van der Waals surface area contributed by atoms with Gasteiger partial charge in [0.25, 0.3) is 0 Å². The van der Waals surface area contributed by atoms with Crippen LogP contribution < -0.4 is 5.32 Å². The number of carboxylic acid groups (broad SMARTS) is 1. The number of aromatic nitrogens is 1. The summed E-state index contributed by atoms with van der Waals surface area (Å²) >= 11 is 0. The van der Waals surface area contributed by atoms with Crippen LogP contribution in [0.15, 0.2) is 42.5 Å². The molecule has 0 saturated heterocycles. The van der Waals surface area contributed by atoms with Crippen LogP contribution in [-0.2, 0) is 28.9 Å². The SMILES string of the molecule is CCC(C(=O)O)n1c2c(c3cc(F)ccc31)CC(NC(=O)CCc1ccc(O)cc1)CC2. The van der Waals surface area contributed by atoms with Crippen molar-refractivity contribution in [2.24, 2.45) is 0 Å². The summed E-state index contributed by atoms with van der Waals surface area (Å²) in [6, 6.07) is 10.5. The molecule has 3 N–H and O–H groups in total. The predicted octanol–water partition coefficient (Wildman–Crippen LogP) is 4.13. The molecule has 2 unspecified atom stereocenters. The van der Waals surface area contributed by atoms with Gasteiger partial charge in [-0.3, -0.25) is 4.79 Å². The van der Waals surface area contributed by atoms with Crippen LogP contribution >= 0.6 is 0 Å². The Bertz CT molecular complexity index is 1150. The first kappa shape index (κ1) is 21.9. The molecule has 1 aliphatic carbocycles. The number of nitrogens with zero attached hydrogens (tertiary/aromatic N) is 1. The van der Waals surface area contributed by atoms with Gasteiger partial charge < -0.3 is 20.1 Å². The van der Waals surface area contributed by atoms with E-state index in [0.29, 0.717) is 38.5 Å². The number of amides is 1. The molecule has 168 valence electrons. The number of fused-ring (bicyclic) bond motifs is 3. The molecule has 6 nitrogen and oxygen atoms in total. The maximum atomic E-state index is 14.0. The topological polar surface area (TPSA) is 91.6 Å². The second-order valence-electron chi connectivity index (χ2n) is 8.39. The number of rotatable bonds is 7. The number of hydrogen-bond acceptors (Lipinski definition) is 3. The Labute approximate surface area is 185 Å². The Morgan fingerprint density at radius 3 is 2.66 bits per heavy atom. The number of phenols is 1. The van der Waals surface area contributed by atoms with Gasteiger partial charge in [-0.25, -0.2) is 9.18 Å². The number of aromatic hydroxyl groups is 1. The van der Waals surface area contributed by atoms with Crippen molar-refractivity contribution in [3.8, 4) is 5.75 Å². The standard InChI is InChI=1S/C25H27FN2O4/c1-2-21(25(31)32)28-22-10-6-16(26)13-19(22)20-14-17(7-11-23(20)28)27-24(30)12-5-15-3-8-18(29)9-4-15/h3-4,6,8-10,13,17,21,29H,2,5,7,11-12,14H2,1H3,(H,27,30)(H,31,32). The molecule has 32 heavy (non-hydrogen) atoms. The summed E-state index contributed by atoms with van der Waals surface area (Å²) in [4.78, 5) is 24.4. The molecule has 0 saturated carbocycles. The summed E-state index contributed by atoms with van der Waals surface area (Å²) in [5.74, 6) is -1.12. The van der Waals surface area contributed by atoms with Crippen molar-refractivity contribution < 1.29 is 24.2 Å². The van der Waals surface area contributed by atoms with E-state index in [9.17, 15) is 24.2 Å². The highest BCUT2D eigenvalue weighted by atomic mass is 19.1. The first-order valence-electron chi connectivity index (χ1n) is 11.0. The smallest absolute Gasteiger partial charge is 0.326 e. The molecule has 1 aromatic heterocycles. The van der Waals surface area contributed by atoms with Gasteiger partial charge in [0.15, 0.2) is 0 Å². The second-order valence-corrected chi connectivity index (χ2v) is 8.39. The third kappa shape index (κ3) is 4.33. The van der Waals surface area contributed by atoms with E-state index >= 15 is 0 Å². The Morgan fingerprint density at radius 2 is 1.97 bits per heavy atom. The number of benzene rings is 2. The van der Waals surface area contributed by atoms with Gasteiger partial charge >= 0.3 is 5.97 Å². The Balaban J connectivity index is 1.53. The van der Waals surface area contributed by atoms with Crippen LogP contribution in [0.1, 0.15) is 49.0 Å². The van der Waals surface area contributed by atoms with Gasteiger partial charge in [0.1, 0.15) is 17.6 Å². The van der Waals surface area contributed by atoms with Gasteiger partial charge in [0, 0.05) is 29.1 Å². The van der Waals surface area contributed by atoms with E-state index in [1.807, 2.05) is 11.5 Å². The molecule has 0 fully saturated rings. The number of nitrogens with one attached hydrogen (secondary N) is 1. The lowest BCUT2D eigenvalue weighted by atomic mass is 9.91. The summed E-state index contributed by atoms with van der Waals surface area (Å²) < 4.78 is 15.9. The fraction of sp³-hybridized carbons (Fsp3) is 0.360. The highest BCUT2D eigenvalue weighted by molar-refractivity contribution is 5.88. The number of halogens is 1. The van der Waals surface area contributed by atoms with Gasteiger partial charge in [0.2, 0.25) is 5.91 Å². The minimum Gasteiger partial charge on any atom is -0.508 e. The zero-order chi connectivity index (χ0) is 22.8. The molecule has 1 amide bonds. The average molecular weight is 438 g/mol. The van der Waals surface area contributed by atoms with E-state index in [1.165, 1.54) is 12.1 Å². The monoisotopic (exact) mass is 438 g/mol. The zero-order valence-electron chi connectivity index (χ0n) is 18.0. The summed E-state index contributed by atoms with van der Waals surface area (Å²) in [6.07, 6.45) is 3.21. The number of carboxylic acids is 1. The molecule has 3 aromatic rings. The van der Waals surface area contributed by atoms with Crippen molar-refractivity contribution in [3.63, 3.8) is 0 Å². The lowest BCUT2D eigenvalue weighted by Crippen LogP contribution is -2.39. The molecule has 4 rings (SSSR count). The van der Waals surface area contributed by atoms with Gasteiger partial charge in [-0.05, 0) is 73.6 Å². The van der Waals surface area contributed by atoms with Gasteiger partial charge in [-0.2, -0.15) is 0 Å². The first-order valence-corrected chi connectivity index (χ1v) is 11.0. The maximum Gasteiger partial charge on any atom is 0.326 e. The fourth-order valence-electron chi connectivity index (χ4n) is 4.73. The lowest BCUT2D eigenvalue weighted by molar-refractivity contribution is -0.141. The molecule has 1 heterocycles. The van der Waals surface area contributed by atoms with Crippen LogP contribution in [0.25, 0.3) is 10.9 Å². The Morgan fingerprint density at radius 1 is 1.22 bits per heavy atom. The maximum absolute atomic E-state index is 14.0. The molecule has 0 bridgehead atoms. The predicted molar refractivity (Wildman–Crippen MR) is 119 cm³/mol. The van der Waals surface area contributed by atoms with Crippen LogP contribution in [0.5, 0.6) is 5.75 Å². The highest BCUT2D eigenvalue weighted by Crippen LogP contribution is 2.36. The number of aryl methyl sites for hydroxylation is 1. The van der Waals surface area contributed by atoms with E-state index < -0.39 is 12.0 Å². The van der Waals surface area contributed by atoms with Crippen molar-refractivity contribution in [2.45, 2.75) is 57.5 Å².